The highest BCUT2D eigenvalue weighted by molar-refractivity contribution is 5.91. The fourth-order valence-electron chi connectivity index (χ4n) is 4.91. The van der Waals surface area contributed by atoms with E-state index >= 15 is 0 Å². The van der Waals surface area contributed by atoms with Crippen LogP contribution in [0.5, 0.6) is 5.75 Å². The number of hydrogen-bond acceptors (Lipinski definition) is 6. The van der Waals surface area contributed by atoms with Gasteiger partial charge in [0.25, 0.3) is 0 Å². The van der Waals surface area contributed by atoms with Crippen LogP contribution in [0.4, 0.5) is 0 Å². The summed E-state index contributed by atoms with van der Waals surface area (Å²) in [7, 11) is 3.37. The Labute approximate surface area is 231 Å². The number of amides is 3. The first-order valence-electron chi connectivity index (χ1n) is 13.4. The predicted molar refractivity (Wildman–Crippen MR) is 150 cm³/mol. The molecule has 1 fully saturated rings. The molecule has 0 aliphatic carbocycles. The molecule has 1 heterocycles. The Kier molecular flexibility index (Phi) is 10.9. The third kappa shape index (κ3) is 8.80. The predicted octanol–water partition coefficient (Wildman–Crippen LogP) is 2.54. The number of carbonyl (C=O) groups is 3. The lowest BCUT2D eigenvalue weighted by Gasteiger charge is -2.39. The van der Waals surface area contributed by atoms with Crippen molar-refractivity contribution in [1.29, 1.82) is 0 Å². The molecule has 212 valence electrons. The van der Waals surface area contributed by atoms with Gasteiger partial charge in [0, 0.05) is 32.6 Å². The van der Waals surface area contributed by atoms with E-state index in [9.17, 15) is 14.4 Å². The van der Waals surface area contributed by atoms with Crippen molar-refractivity contribution in [1.82, 2.24) is 15.1 Å². The lowest BCUT2D eigenvalue weighted by atomic mass is 9.80. The van der Waals surface area contributed by atoms with Gasteiger partial charge in [0.1, 0.15) is 11.8 Å². The number of ether oxygens (including phenoxy) is 2. The summed E-state index contributed by atoms with van der Waals surface area (Å²) in [4.78, 5) is 41.5. The average molecular weight is 539 g/mol. The number of benzene rings is 2. The summed E-state index contributed by atoms with van der Waals surface area (Å²) in [6.45, 7) is 5.16. The Hall–Kier alpha value is -3.43. The Morgan fingerprint density at radius 3 is 2.62 bits per heavy atom. The Balaban J connectivity index is 1.74. The van der Waals surface area contributed by atoms with Crippen molar-refractivity contribution in [2.75, 3.05) is 40.4 Å². The third-order valence-corrected chi connectivity index (χ3v) is 7.11. The second kappa shape index (κ2) is 14.1. The number of nitrogens with two attached hydrogens (primary N) is 1. The summed E-state index contributed by atoms with van der Waals surface area (Å²) in [5, 5.41) is 2.82. The first kappa shape index (κ1) is 30.1. The number of piperidine rings is 1. The molecular formula is C30H42N4O5. The molecule has 1 aliphatic heterocycles. The van der Waals surface area contributed by atoms with Gasteiger partial charge in [0.15, 0.2) is 0 Å². The maximum absolute atomic E-state index is 13.8. The van der Waals surface area contributed by atoms with Crippen molar-refractivity contribution in [3.63, 3.8) is 0 Å². The number of likely N-dealkylation sites (N-methyl/N-ethyl adjacent to an activating group) is 1. The van der Waals surface area contributed by atoms with E-state index in [4.69, 9.17) is 15.2 Å². The van der Waals surface area contributed by atoms with Gasteiger partial charge in [0.2, 0.25) is 18.2 Å². The highest BCUT2D eigenvalue weighted by Gasteiger charge is 2.35. The van der Waals surface area contributed by atoms with Gasteiger partial charge in [-0.05, 0) is 55.9 Å². The molecule has 39 heavy (non-hydrogen) atoms. The lowest BCUT2D eigenvalue weighted by Crippen LogP contribution is -2.58. The van der Waals surface area contributed by atoms with E-state index in [0.717, 1.165) is 36.1 Å². The van der Waals surface area contributed by atoms with E-state index in [2.05, 4.69) is 17.4 Å². The molecule has 1 saturated heterocycles. The van der Waals surface area contributed by atoms with Gasteiger partial charge in [-0.25, -0.2) is 0 Å². The van der Waals surface area contributed by atoms with Crippen molar-refractivity contribution in [3.8, 4) is 5.75 Å². The number of carbonyl (C=O) groups excluding carboxylic acids is 3. The molecule has 0 aromatic heterocycles. The van der Waals surface area contributed by atoms with E-state index in [0.29, 0.717) is 19.6 Å². The van der Waals surface area contributed by atoms with Crippen molar-refractivity contribution in [3.05, 3.63) is 65.7 Å². The summed E-state index contributed by atoms with van der Waals surface area (Å²) in [6, 6.07) is 16.7. The van der Waals surface area contributed by atoms with Crippen molar-refractivity contribution in [2.45, 2.75) is 50.8 Å². The molecule has 1 aliphatic rings. The minimum Gasteiger partial charge on any atom is -0.497 e. The molecule has 2 unspecified atom stereocenters. The van der Waals surface area contributed by atoms with Crippen LogP contribution in [-0.2, 0) is 25.7 Å². The largest absolute Gasteiger partial charge is 0.497 e. The maximum Gasteiger partial charge on any atom is 0.247 e. The van der Waals surface area contributed by atoms with Crippen LogP contribution in [-0.4, -0.2) is 80.0 Å². The smallest absolute Gasteiger partial charge is 0.247 e. The fourth-order valence-corrected chi connectivity index (χ4v) is 4.91. The van der Waals surface area contributed by atoms with Crippen molar-refractivity contribution < 1.29 is 23.9 Å². The van der Waals surface area contributed by atoms with E-state index in [-0.39, 0.29) is 31.0 Å². The van der Waals surface area contributed by atoms with E-state index < -0.39 is 17.5 Å². The highest BCUT2D eigenvalue weighted by atomic mass is 16.5. The van der Waals surface area contributed by atoms with Crippen LogP contribution in [0.3, 0.4) is 0 Å². The summed E-state index contributed by atoms with van der Waals surface area (Å²) in [5.74, 6) is 0.340. The van der Waals surface area contributed by atoms with Gasteiger partial charge in [0.05, 0.1) is 25.9 Å². The second-order valence-electron chi connectivity index (χ2n) is 10.9. The average Bonchev–Trinajstić information content (AvgIpc) is 2.94. The summed E-state index contributed by atoms with van der Waals surface area (Å²) >= 11 is 0. The van der Waals surface area contributed by atoms with Gasteiger partial charge < -0.3 is 30.3 Å². The molecule has 0 radical (unpaired) electrons. The topological polar surface area (TPSA) is 114 Å². The highest BCUT2D eigenvalue weighted by Crippen LogP contribution is 2.32. The van der Waals surface area contributed by atoms with E-state index in [1.54, 1.807) is 32.9 Å². The molecule has 0 bridgehead atoms. The van der Waals surface area contributed by atoms with Crippen LogP contribution < -0.4 is 15.8 Å². The van der Waals surface area contributed by atoms with Gasteiger partial charge in [-0.3, -0.25) is 14.4 Å². The molecule has 9 nitrogen and oxygen atoms in total. The maximum atomic E-state index is 13.8. The number of hydrogen-bond donors (Lipinski definition) is 2. The standard InChI is InChI=1S/C30H42N4O5/c1-30(2,31)29(37)32-27(20-39-19-22-10-8-14-25(16-22)38-4)28(36)34-15-9-13-24(17-34)26(18-33(3)21-35)23-11-6-5-7-12-23/h5-8,10-12,14,16,21,24,26-27H,9,13,15,17-20,31H2,1-4H3,(H,32,37)/t24?,26?,27-/m1/s1. The number of nitrogens with one attached hydrogen (secondary N) is 1. The minimum atomic E-state index is -1.15. The van der Waals surface area contributed by atoms with Gasteiger partial charge in [-0.2, -0.15) is 0 Å². The SMILES string of the molecule is COc1cccc(COC[C@@H](NC(=O)C(C)(C)N)C(=O)N2CCCC(C(CN(C)C=O)c3ccccc3)C2)c1. The summed E-state index contributed by atoms with van der Waals surface area (Å²) in [6.07, 6.45) is 2.61. The normalized spacial score (nSPS) is 17.2. The first-order valence-corrected chi connectivity index (χ1v) is 13.4. The number of nitrogens with zero attached hydrogens (tertiary/aromatic N) is 2. The quantitative estimate of drug-likeness (QED) is 0.379. The monoisotopic (exact) mass is 538 g/mol. The van der Waals surface area contributed by atoms with Crippen molar-refractivity contribution in [2.24, 2.45) is 11.7 Å². The fraction of sp³-hybridized carbons (Fsp3) is 0.500. The summed E-state index contributed by atoms with van der Waals surface area (Å²) in [5.41, 5.74) is 6.91. The molecular weight excluding hydrogens is 496 g/mol. The molecule has 2 aromatic rings. The number of likely N-dealkylation sites (tertiary alicyclic amines) is 1. The molecule has 3 atom stereocenters. The Bertz CT molecular complexity index is 1090. The molecule has 9 heteroatoms. The molecule has 0 saturated carbocycles. The van der Waals surface area contributed by atoms with Crippen LogP contribution in [0.25, 0.3) is 0 Å². The number of methoxy groups -OCH3 is 1. The molecule has 3 N–H and O–H groups in total. The lowest BCUT2D eigenvalue weighted by molar-refractivity contribution is -0.141. The third-order valence-electron chi connectivity index (χ3n) is 7.11. The van der Waals surface area contributed by atoms with Crippen LogP contribution in [0, 0.1) is 5.92 Å². The molecule has 0 spiro atoms. The van der Waals surface area contributed by atoms with Crippen LogP contribution >= 0.6 is 0 Å². The zero-order valence-electron chi connectivity index (χ0n) is 23.5. The summed E-state index contributed by atoms with van der Waals surface area (Å²) < 4.78 is 11.2. The minimum absolute atomic E-state index is 0.00895. The first-order chi connectivity index (χ1) is 18.6. The second-order valence-corrected chi connectivity index (χ2v) is 10.9. The zero-order valence-corrected chi connectivity index (χ0v) is 23.5. The Morgan fingerprint density at radius 2 is 1.95 bits per heavy atom. The van der Waals surface area contributed by atoms with Crippen LogP contribution in [0.15, 0.2) is 54.6 Å². The Morgan fingerprint density at radius 1 is 1.21 bits per heavy atom. The van der Waals surface area contributed by atoms with Crippen LogP contribution in [0.2, 0.25) is 0 Å². The molecule has 3 amide bonds. The van der Waals surface area contributed by atoms with Gasteiger partial charge >= 0.3 is 0 Å². The van der Waals surface area contributed by atoms with Gasteiger partial charge in [-0.1, -0.05) is 42.5 Å². The number of rotatable bonds is 13. The molecule has 2 aromatic carbocycles. The van der Waals surface area contributed by atoms with Gasteiger partial charge in [-0.15, -0.1) is 0 Å². The van der Waals surface area contributed by atoms with E-state index in [1.807, 2.05) is 47.4 Å². The van der Waals surface area contributed by atoms with E-state index in [1.165, 1.54) is 0 Å². The van der Waals surface area contributed by atoms with Crippen molar-refractivity contribution >= 4 is 18.2 Å². The molecule has 3 rings (SSSR count). The van der Waals surface area contributed by atoms with Crippen LogP contribution in [0.1, 0.15) is 43.7 Å². The zero-order chi connectivity index (χ0) is 28.4.